The van der Waals surface area contributed by atoms with Gasteiger partial charge >= 0.3 is 0 Å². The van der Waals surface area contributed by atoms with E-state index in [1.165, 1.54) is 10.9 Å². The van der Waals surface area contributed by atoms with Gasteiger partial charge in [0.2, 0.25) is 0 Å². The fraction of sp³-hybridized carbons (Fsp3) is 0.500. The summed E-state index contributed by atoms with van der Waals surface area (Å²) < 4.78 is 5.78. The Hall–Kier alpha value is -1.45. The summed E-state index contributed by atoms with van der Waals surface area (Å²) in [7, 11) is 0. The highest BCUT2D eigenvalue weighted by molar-refractivity contribution is 5.79. The van der Waals surface area contributed by atoms with Gasteiger partial charge < -0.3 is 10.1 Å². The largest absolute Gasteiger partial charge is 0.378 e. The first-order valence-corrected chi connectivity index (χ1v) is 7.97. The summed E-state index contributed by atoms with van der Waals surface area (Å²) in [5.74, 6) is 0.556. The maximum atomic E-state index is 5.78. The SMILES string of the molecule is CCCNC(c1ccc2ncccc2c1)C1COC(C)C1. The van der Waals surface area contributed by atoms with Crippen LogP contribution in [0, 0.1) is 5.92 Å². The molecule has 0 spiro atoms. The monoisotopic (exact) mass is 284 g/mol. The first-order valence-electron chi connectivity index (χ1n) is 7.97. The van der Waals surface area contributed by atoms with Crippen molar-refractivity contribution in [1.82, 2.24) is 10.3 Å². The van der Waals surface area contributed by atoms with Crippen molar-refractivity contribution in [1.29, 1.82) is 0 Å². The van der Waals surface area contributed by atoms with Crippen LogP contribution in [0.4, 0.5) is 0 Å². The number of ether oxygens (including phenoxy) is 1. The van der Waals surface area contributed by atoms with Crippen molar-refractivity contribution >= 4 is 10.9 Å². The van der Waals surface area contributed by atoms with Crippen molar-refractivity contribution in [3.63, 3.8) is 0 Å². The summed E-state index contributed by atoms with van der Waals surface area (Å²) >= 11 is 0. The van der Waals surface area contributed by atoms with Crippen LogP contribution in [-0.4, -0.2) is 24.2 Å². The number of nitrogens with one attached hydrogen (secondary N) is 1. The van der Waals surface area contributed by atoms with E-state index in [-0.39, 0.29) is 0 Å². The van der Waals surface area contributed by atoms with E-state index in [0.717, 1.165) is 31.5 Å². The second-order valence-electron chi connectivity index (χ2n) is 6.03. The van der Waals surface area contributed by atoms with E-state index in [0.29, 0.717) is 18.1 Å². The van der Waals surface area contributed by atoms with Gasteiger partial charge in [-0.25, -0.2) is 0 Å². The third-order valence-corrected chi connectivity index (χ3v) is 4.30. The number of aromatic nitrogens is 1. The third kappa shape index (κ3) is 3.25. The maximum Gasteiger partial charge on any atom is 0.0702 e. The number of benzene rings is 1. The Morgan fingerprint density at radius 1 is 1.38 bits per heavy atom. The first-order chi connectivity index (χ1) is 10.3. The molecule has 21 heavy (non-hydrogen) atoms. The lowest BCUT2D eigenvalue weighted by Crippen LogP contribution is -2.29. The summed E-state index contributed by atoms with van der Waals surface area (Å²) in [6, 6.07) is 11.1. The van der Waals surface area contributed by atoms with Crippen LogP contribution >= 0.6 is 0 Å². The molecule has 0 saturated carbocycles. The highest BCUT2D eigenvalue weighted by Gasteiger charge is 2.30. The molecule has 0 amide bonds. The second-order valence-corrected chi connectivity index (χ2v) is 6.03. The molecule has 112 valence electrons. The fourth-order valence-electron chi connectivity index (χ4n) is 3.23. The average Bonchev–Trinajstić information content (AvgIpc) is 2.94. The lowest BCUT2D eigenvalue weighted by atomic mass is 9.90. The number of hydrogen-bond donors (Lipinski definition) is 1. The molecule has 1 N–H and O–H groups in total. The van der Waals surface area contributed by atoms with E-state index < -0.39 is 0 Å². The quantitative estimate of drug-likeness (QED) is 0.909. The number of rotatable bonds is 5. The molecule has 3 heteroatoms. The van der Waals surface area contributed by atoms with Crippen molar-refractivity contribution in [2.45, 2.75) is 38.8 Å². The van der Waals surface area contributed by atoms with Crippen molar-refractivity contribution in [3.05, 3.63) is 42.1 Å². The van der Waals surface area contributed by atoms with E-state index >= 15 is 0 Å². The normalized spacial score (nSPS) is 23.5. The van der Waals surface area contributed by atoms with E-state index in [1.54, 1.807) is 0 Å². The number of fused-ring (bicyclic) bond motifs is 1. The Labute approximate surface area is 126 Å². The van der Waals surface area contributed by atoms with Crippen LogP contribution in [0.3, 0.4) is 0 Å². The first kappa shape index (κ1) is 14.5. The fourth-order valence-corrected chi connectivity index (χ4v) is 3.23. The van der Waals surface area contributed by atoms with E-state index in [9.17, 15) is 0 Å². The minimum atomic E-state index is 0.375. The molecule has 2 aromatic rings. The molecule has 0 aliphatic carbocycles. The van der Waals surface area contributed by atoms with E-state index in [2.05, 4.69) is 48.4 Å². The molecule has 1 fully saturated rings. The number of hydrogen-bond acceptors (Lipinski definition) is 3. The van der Waals surface area contributed by atoms with Gasteiger partial charge in [-0.15, -0.1) is 0 Å². The summed E-state index contributed by atoms with van der Waals surface area (Å²) in [6.45, 7) is 6.28. The van der Waals surface area contributed by atoms with Crippen LogP contribution in [0.25, 0.3) is 10.9 Å². The number of pyridine rings is 1. The standard InChI is InChI=1S/C18H24N2O/c1-3-8-20-18(16-10-13(2)21-12-16)15-6-7-17-14(11-15)5-4-9-19-17/h4-7,9,11,13,16,18,20H,3,8,10,12H2,1-2H3. The zero-order chi connectivity index (χ0) is 14.7. The molecule has 2 heterocycles. The van der Waals surface area contributed by atoms with Crippen LogP contribution in [0.5, 0.6) is 0 Å². The molecule has 3 nitrogen and oxygen atoms in total. The molecular weight excluding hydrogens is 260 g/mol. The molecule has 3 atom stereocenters. The summed E-state index contributed by atoms with van der Waals surface area (Å²) in [5, 5.41) is 4.93. The highest BCUT2D eigenvalue weighted by atomic mass is 16.5. The zero-order valence-corrected chi connectivity index (χ0v) is 12.9. The Morgan fingerprint density at radius 3 is 3.05 bits per heavy atom. The summed E-state index contributed by atoms with van der Waals surface area (Å²) in [5.41, 5.74) is 2.41. The Balaban J connectivity index is 1.89. The molecule has 1 aromatic carbocycles. The van der Waals surface area contributed by atoms with Crippen LogP contribution in [-0.2, 0) is 4.74 Å². The van der Waals surface area contributed by atoms with Gasteiger partial charge in [0.1, 0.15) is 0 Å². The van der Waals surface area contributed by atoms with Crippen molar-refractivity contribution in [2.24, 2.45) is 5.92 Å². The maximum absolute atomic E-state index is 5.78. The van der Waals surface area contributed by atoms with Crippen molar-refractivity contribution < 1.29 is 4.74 Å². The van der Waals surface area contributed by atoms with Gasteiger partial charge in [-0.3, -0.25) is 4.98 Å². The van der Waals surface area contributed by atoms with Crippen LogP contribution in [0.1, 0.15) is 38.3 Å². The summed E-state index contributed by atoms with van der Waals surface area (Å²) in [6.07, 6.45) is 4.51. The zero-order valence-electron chi connectivity index (χ0n) is 12.9. The molecule has 1 aliphatic heterocycles. The minimum Gasteiger partial charge on any atom is -0.378 e. The average molecular weight is 284 g/mol. The Kier molecular flexibility index (Phi) is 4.51. The Bertz CT molecular complexity index is 599. The van der Waals surface area contributed by atoms with Gasteiger partial charge in [0.25, 0.3) is 0 Å². The molecule has 3 rings (SSSR count). The molecule has 1 aliphatic rings. The summed E-state index contributed by atoms with van der Waals surface area (Å²) in [4.78, 5) is 4.41. The van der Waals surface area contributed by atoms with Crippen LogP contribution in [0.15, 0.2) is 36.5 Å². The van der Waals surface area contributed by atoms with Gasteiger partial charge in [-0.05, 0) is 50.1 Å². The Morgan fingerprint density at radius 2 is 2.29 bits per heavy atom. The van der Waals surface area contributed by atoms with Gasteiger partial charge in [-0.2, -0.15) is 0 Å². The molecule has 1 aromatic heterocycles. The number of nitrogens with zero attached hydrogens (tertiary/aromatic N) is 1. The molecule has 0 radical (unpaired) electrons. The minimum absolute atomic E-state index is 0.375. The predicted molar refractivity (Wildman–Crippen MR) is 86.3 cm³/mol. The lowest BCUT2D eigenvalue weighted by Gasteiger charge is -2.24. The van der Waals surface area contributed by atoms with Gasteiger partial charge in [0.15, 0.2) is 0 Å². The molecular formula is C18H24N2O. The molecule has 3 unspecified atom stereocenters. The highest BCUT2D eigenvalue weighted by Crippen LogP contribution is 2.32. The third-order valence-electron chi connectivity index (χ3n) is 4.30. The second kappa shape index (κ2) is 6.54. The van der Waals surface area contributed by atoms with Crippen molar-refractivity contribution in [3.8, 4) is 0 Å². The van der Waals surface area contributed by atoms with Crippen molar-refractivity contribution in [2.75, 3.05) is 13.2 Å². The van der Waals surface area contributed by atoms with Gasteiger partial charge in [-0.1, -0.05) is 19.1 Å². The lowest BCUT2D eigenvalue weighted by molar-refractivity contribution is 0.117. The predicted octanol–water partition coefficient (Wildman–Crippen LogP) is 3.70. The molecule has 1 saturated heterocycles. The van der Waals surface area contributed by atoms with Gasteiger partial charge in [0.05, 0.1) is 18.2 Å². The van der Waals surface area contributed by atoms with E-state index in [1.807, 2.05) is 12.3 Å². The van der Waals surface area contributed by atoms with E-state index in [4.69, 9.17) is 4.74 Å². The van der Waals surface area contributed by atoms with Crippen LogP contribution in [0.2, 0.25) is 0 Å². The smallest absolute Gasteiger partial charge is 0.0702 e. The van der Waals surface area contributed by atoms with Crippen LogP contribution < -0.4 is 5.32 Å². The topological polar surface area (TPSA) is 34.2 Å². The van der Waals surface area contributed by atoms with Gasteiger partial charge in [0, 0.05) is 23.5 Å². The molecule has 0 bridgehead atoms.